The summed E-state index contributed by atoms with van der Waals surface area (Å²) >= 11 is 0. The molecule has 7 heavy (non-hydrogen) atoms. The van der Waals surface area contributed by atoms with Gasteiger partial charge >= 0.3 is 0 Å². The summed E-state index contributed by atoms with van der Waals surface area (Å²) in [6.07, 6.45) is 0.551. The Morgan fingerprint density at radius 2 is 2.43 bits per heavy atom. The van der Waals surface area contributed by atoms with Crippen LogP contribution in [0, 0.1) is 0 Å². The van der Waals surface area contributed by atoms with Crippen molar-refractivity contribution in [3.8, 4) is 0 Å². The second kappa shape index (κ2) is 4.23. The van der Waals surface area contributed by atoms with E-state index in [9.17, 15) is 4.79 Å². The van der Waals surface area contributed by atoms with Crippen LogP contribution >= 0.6 is 8.58 Å². The molecule has 0 aliphatic heterocycles. The molecule has 0 saturated carbocycles. The lowest BCUT2D eigenvalue weighted by atomic mass is 10.5. The monoisotopic (exact) mass is 119 g/mol. The Labute approximate surface area is 45.3 Å². The highest BCUT2D eigenvalue weighted by Gasteiger charge is 1.91. The molecule has 0 amide bonds. The van der Waals surface area contributed by atoms with Gasteiger partial charge in [0.1, 0.15) is 0 Å². The first-order valence-corrected chi connectivity index (χ1v) is 3.72. The van der Waals surface area contributed by atoms with Crippen molar-refractivity contribution in [2.45, 2.75) is 6.42 Å². The van der Waals surface area contributed by atoms with Crippen LogP contribution in [0.15, 0.2) is 0 Å². The quantitative estimate of drug-likeness (QED) is 0.538. The summed E-state index contributed by atoms with van der Waals surface area (Å²) in [6.45, 7) is 2.37. The molecular weight excluding hydrogens is 109 g/mol. The van der Waals surface area contributed by atoms with Crippen molar-refractivity contribution in [3.63, 3.8) is 0 Å². The maximum Gasteiger partial charge on any atom is 0.152 e. The molecule has 1 atom stereocenters. The summed E-state index contributed by atoms with van der Waals surface area (Å²) in [6, 6.07) is 0. The fraction of sp³-hybridized carbons (Fsp3) is 0.750. The van der Waals surface area contributed by atoms with Crippen LogP contribution in [-0.2, 0) is 4.79 Å². The van der Waals surface area contributed by atoms with Crippen molar-refractivity contribution in [1.82, 2.24) is 0 Å². The highest BCUT2D eigenvalue weighted by atomic mass is 31.1. The Morgan fingerprint density at radius 1 is 1.86 bits per heavy atom. The van der Waals surface area contributed by atoms with Gasteiger partial charge in [0, 0.05) is 6.42 Å². The summed E-state index contributed by atoms with van der Waals surface area (Å²) in [5.41, 5.74) is 5.37. The molecule has 0 aliphatic rings. The summed E-state index contributed by atoms with van der Waals surface area (Å²) in [5, 5.41) is 0. The average Bonchev–Trinajstić information content (AvgIpc) is 1.68. The lowest BCUT2D eigenvalue weighted by Gasteiger charge is -1.87. The third kappa shape index (κ3) is 3.90. The van der Waals surface area contributed by atoms with Crippen LogP contribution in [0.5, 0.6) is 0 Å². The Bertz CT molecular complexity index is 64.7. The van der Waals surface area contributed by atoms with Gasteiger partial charge in [-0.3, -0.25) is 4.79 Å². The van der Waals surface area contributed by atoms with Crippen LogP contribution in [-0.4, -0.2) is 18.7 Å². The minimum atomic E-state index is 0.280. The molecule has 0 heterocycles. The predicted octanol–water partition coefficient (Wildman–Crippen LogP) is 0.170. The van der Waals surface area contributed by atoms with E-state index in [1.807, 2.05) is 6.66 Å². The first kappa shape index (κ1) is 7.06. The van der Waals surface area contributed by atoms with Gasteiger partial charge in [-0.25, -0.2) is 0 Å². The van der Waals surface area contributed by atoms with Crippen molar-refractivity contribution < 1.29 is 4.79 Å². The smallest absolute Gasteiger partial charge is 0.152 e. The Morgan fingerprint density at radius 3 is 2.57 bits per heavy atom. The van der Waals surface area contributed by atoms with E-state index in [2.05, 4.69) is 0 Å². The molecule has 0 aromatic rings. The van der Waals surface area contributed by atoms with Crippen LogP contribution in [0.1, 0.15) is 6.42 Å². The molecule has 0 aromatic heterocycles. The molecule has 2 nitrogen and oxygen atoms in total. The van der Waals surface area contributed by atoms with E-state index < -0.39 is 0 Å². The van der Waals surface area contributed by atoms with E-state index in [1.165, 1.54) is 0 Å². The van der Waals surface area contributed by atoms with E-state index in [0.29, 0.717) is 21.5 Å². The molecule has 0 spiro atoms. The summed E-state index contributed by atoms with van der Waals surface area (Å²) in [5.74, 6) is 0. The molecule has 0 rings (SSSR count). The number of carbonyl (C=O) groups excluding carboxylic acids is 1. The van der Waals surface area contributed by atoms with E-state index in [-0.39, 0.29) is 5.52 Å². The van der Waals surface area contributed by atoms with Gasteiger partial charge in [-0.05, 0) is 13.2 Å². The summed E-state index contributed by atoms with van der Waals surface area (Å²) in [4.78, 5) is 10.3. The fourth-order valence-corrected chi connectivity index (χ4v) is 0.650. The molecule has 0 fully saturated rings. The zero-order valence-electron chi connectivity index (χ0n) is 4.40. The summed E-state index contributed by atoms with van der Waals surface area (Å²) in [7, 11) is 0.419. The number of hydrogen-bond acceptors (Lipinski definition) is 2. The zero-order chi connectivity index (χ0) is 5.70. The number of nitrogens with two attached hydrogens (primary N) is 1. The topological polar surface area (TPSA) is 43.1 Å². The highest BCUT2D eigenvalue weighted by Crippen LogP contribution is 2.04. The third-order valence-corrected chi connectivity index (χ3v) is 1.46. The van der Waals surface area contributed by atoms with Gasteiger partial charge in [0.2, 0.25) is 0 Å². The standard InChI is InChI=1S/C4H10NOP/c1-7-4(6)2-3-5/h7H,2-3,5H2,1H3. The largest absolute Gasteiger partial charge is 0.330 e. The van der Waals surface area contributed by atoms with Gasteiger partial charge in [-0.15, -0.1) is 0 Å². The second-order valence-corrected chi connectivity index (χ2v) is 2.27. The van der Waals surface area contributed by atoms with E-state index in [4.69, 9.17) is 5.73 Å². The number of hydrogen-bond donors (Lipinski definition) is 1. The molecule has 0 bridgehead atoms. The molecule has 2 N–H and O–H groups in total. The van der Waals surface area contributed by atoms with E-state index in [0.717, 1.165) is 0 Å². The first-order chi connectivity index (χ1) is 3.31. The second-order valence-electron chi connectivity index (χ2n) is 1.21. The Balaban J connectivity index is 3.00. The fourth-order valence-electron chi connectivity index (χ4n) is 0.256. The minimum absolute atomic E-state index is 0.280. The van der Waals surface area contributed by atoms with Gasteiger partial charge in [-0.2, -0.15) is 0 Å². The Hall–Kier alpha value is 0.0600. The normalized spacial score (nSPS) is 10.6. The van der Waals surface area contributed by atoms with Crippen LogP contribution < -0.4 is 5.73 Å². The van der Waals surface area contributed by atoms with Gasteiger partial charge in [-0.1, -0.05) is 8.58 Å². The molecule has 0 saturated heterocycles. The van der Waals surface area contributed by atoms with Crippen molar-refractivity contribution in [2.24, 2.45) is 5.73 Å². The van der Waals surface area contributed by atoms with Crippen LogP contribution in [0.2, 0.25) is 0 Å². The Kier molecular flexibility index (Phi) is 4.26. The maximum atomic E-state index is 10.3. The van der Waals surface area contributed by atoms with Crippen molar-refractivity contribution >= 4 is 14.1 Å². The van der Waals surface area contributed by atoms with Gasteiger partial charge in [0.15, 0.2) is 5.52 Å². The van der Waals surface area contributed by atoms with E-state index >= 15 is 0 Å². The van der Waals surface area contributed by atoms with Crippen molar-refractivity contribution in [1.29, 1.82) is 0 Å². The lowest BCUT2D eigenvalue weighted by molar-refractivity contribution is -0.111. The zero-order valence-corrected chi connectivity index (χ0v) is 5.40. The van der Waals surface area contributed by atoms with Crippen molar-refractivity contribution in [2.75, 3.05) is 13.2 Å². The lowest BCUT2D eigenvalue weighted by Crippen LogP contribution is -2.02. The maximum absolute atomic E-state index is 10.3. The third-order valence-electron chi connectivity index (χ3n) is 0.650. The number of carbonyl (C=O) groups is 1. The SMILES string of the molecule is CPC(=O)CCN. The van der Waals surface area contributed by atoms with Crippen molar-refractivity contribution in [3.05, 3.63) is 0 Å². The molecule has 0 aliphatic carbocycles. The molecule has 3 heteroatoms. The molecular formula is C4H10NOP. The molecule has 0 radical (unpaired) electrons. The predicted molar refractivity (Wildman–Crippen MR) is 32.9 cm³/mol. The van der Waals surface area contributed by atoms with Gasteiger partial charge in [0.05, 0.1) is 0 Å². The first-order valence-electron chi connectivity index (χ1n) is 2.22. The van der Waals surface area contributed by atoms with E-state index in [1.54, 1.807) is 0 Å². The highest BCUT2D eigenvalue weighted by molar-refractivity contribution is 7.57. The number of rotatable bonds is 3. The summed E-state index contributed by atoms with van der Waals surface area (Å²) < 4.78 is 0. The molecule has 42 valence electrons. The van der Waals surface area contributed by atoms with Crippen LogP contribution in [0.25, 0.3) is 0 Å². The minimum Gasteiger partial charge on any atom is -0.330 e. The molecule has 0 aromatic carbocycles. The van der Waals surface area contributed by atoms with Gasteiger partial charge in [0.25, 0.3) is 0 Å². The molecule has 1 unspecified atom stereocenters. The van der Waals surface area contributed by atoms with Crippen LogP contribution in [0.3, 0.4) is 0 Å². The average molecular weight is 119 g/mol. The van der Waals surface area contributed by atoms with Crippen LogP contribution in [0.4, 0.5) is 0 Å². The van der Waals surface area contributed by atoms with Gasteiger partial charge < -0.3 is 5.73 Å².